The summed E-state index contributed by atoms with van der Waals surface area (Å²) in [6.45, 7) is 8.36. The van der Waals surface area contributed by atoms with Crippen LogP contribution in [0.1, 0.15) is 46.1 Å². The molecule has 1 aromatic heterocycles. The van der Waals surface area contributed by atoms with E-state index in [0.29, 0.717) is 17.3 Å². The number of aryl methyl sites for hydroxylation is 1. The third-order valence-electron chi connectivity index (χ3n) is 3.48. The first-order chi connectivity index (χ1) is 11.4. The molecule has 1 aromatic carbocycles. The Morgan fingerprint density at radius 3 is 2.33 bits per heavy atom. The Morgan fingerprint density at radius 2 is 1.71 bits per heavy atom. The fraction of sp³-hybridized carbons (Fsp3) is 0.444. The van der Waals surface area contributed by atoms with Crippen molar-refractivity contribution < 1.29 is 0 Å². The molecule has 6 nitrogen and oxygen atoms in total. The lowest BCUT2D eigenvalue weighted by Gasteiger charge is -2.22. The highest BCUT2D eigenvalue weighted by molar-refractivity contribution is 5.77. The van der Waals surface area contributed by atoms with Gasteiger partial charge in [0.15, 0.2) is 11.6 Å². The van der Waals surface area contributed by atoms with Gasteiger partial charge in [-0.15, -0.1) is 0 Å². The van der Waals surface area contributed by atoms with Crippen molar-refractivity contribution in [3.63, 3.8) is 0 Å². The maximum Gasteiger partial charge on any atom is 0.169 e. The van der Waals surface area contributed by atoms with Crippen molar-refractivity contribution in [3.8, 4) is 0 Å². The Bertz CT molecular complexity index is 646. The highest BCUT2D eigenvalue weighted by Gasteiger charge is 2.12. The molecule has 0 aliphatic rings. The molecule has 130 valence electrons. The van der Waals surface area contributed by atoms with Gasteiger partial charge in [-0.3, -0.25) is 0 Å². The molecule has 0 saturated carbocycles. The lowest BCUT2D eigenvalue weighted by molar-refractivity contribution is 0.464. The average Bonchev–Trinajstić information content (AvgIpc) is 2.54. The SMILES string of the molecule is CCCCc1ccc(Nc2ncnc(NNC(C)(C)C)c2N)cc1. The first kappa shape index (κ1) is 18.0. The molecule has 0 fully saturated rings. The predicted octanol–water partition coefficient (Wildman–Crippen LogP) is 3.86. The summed E-state index contributed by atoms with van der Waals surface area (Å²) < 4.78 is 0. The van der Waals surface area contributed by atoms with Crippen molar-refractivity contribution in [2.75, 3.05) is 16.5 Å². The second-order valence-electron chi connectivity index (χ2n) is 6.91. The van der Waals surface area contributed by atoms with Gasteiger partial charge in [-0.05, 0) is 51.3 Å². The molecule has 0 aliphatic heterocycles. The van der Waals surface area contributed by atoms with E-state index >= 15 is 0 Å². The summed E-state index contributed by atoms with van der Waals surface area (Å²) in [5.74, 6) is 1.14. The third-order valence-corrected chi connectivity index (χ3v) is 3.48. The van der Waals surface area contributed by atoms with Crippen LogP contribution in [-0.4, -0.2) is 15.5 Å². The van der Waals surface area contributed by atoms with E-state index in [1.807, 2.05) is 12.1 Å². The van der Waals surface area contributed by atoms with Crippen LogP contribution in [0, 0.1) is 0 Å². The molecule has 5 N–H and O–H groups in total. The average molecular weight is 328 g/mol. The molecule has 0 bridgehead atoms. The van der Waals surface area contributed by atoms with Gasteiger partial charge in [0.05, 0.1) is 0 Å². The maximum absolute atomic E-state index is 6.17. The maximum atomic E-state index is 6.17. The van der Waals surface area contributed by atoms with Gasteiger partial charge in [0, 0.05) is 11.2 Å². The first-order valence-electron chi connectivity index (χ1n) is 8.38. The lowest BCUT2D eigenvalue weighted by atomic mass is 10.1. The first-order valence-corrected chi connectivity index (χ1v) is 8.38. The molecule has 2 rings (SSSR count). The molecule has 0 unspecified atom stereocenters. The Morgan fingerprint density at radius 1 is 1.04 bits per heavy atom. The molecule has 0 saturated heterocycles. The van der Waals surface area contributed by atoms with Gasteiger partial charge in [-0.25, -0.2) is 15.4 Å². The number of nitrogen functional groups attached to an aromatic ring is 1. The Kier molecular flexibility index (Phi) is 5.98. The van der Waals surface area contributed by atoms with E-state index in [4.69, 9.17) is 5.73 Å². The van der Waals surface area contributed by atoms with Crippen LogP contribution in [0.3, 0.4) is 0 Å². The fourth-order valence-corrected chi connectivity index (χ4v) is 2.11. The van der Waals surface area contributed by atoms with E-state index in [2.05, 4.69) is 66.0 Å². The smallest absolute Gasteiger partial charge is 0.169 e. The number of nitrogens with two attached hydrogens (primary N) is 1. The number of benzene rings is 1. The number of hydrogen-bond acceptors (Lipinski definition) is 6. The number of hydrogen-bond donors (Lipinski definition) is 4. The predicted molar refractivity (Wildman–Crippen MR) is 101 cm³/mol. The van der Waals surface area contributed by atoms with Gasteiger partial charge in [-0.1, -0.05) is 25.5 Å². The molecule has 0 atom stereocenters. The highest BCUT2D eigenvalue weighted by atomic mass is 15.4. The summed E-state index contributed by atoms with van der Waals surface area (Å²) in [5.41, 5.74) is 15.0. The topological polar surface area (TPSA) is 87.9 Å². The van der Waals surface area contributed by atoms with Gasteiger partial charge >= 0.3 is 0 Å². The minimum atomic E-state index is -0.0979. The molecule has 24 heavy (non-hydrogen) atoms. The van der Waals surface area contributed by atoms with Gasteiger partial charge in [-0.2, -0.15) is 0 Å². The zero-order valence-corrected chi connectivity index (χ0v) is 15.0. The van der Waals surface area contributed by atoms with Crippen LogP contribution in [0.15, 0.2) is 30.6 Å². The summed E-state index contributed by atoms with van der Waals surface area (Å²) in [7, 11) is 0. The molecule has 0 aliphatic carbocycles. The number of hydrazine groups is 1. The van der Waals surface area contributed by atoms with Crippen molar-refractivity contribution >= 4 is 23.0 Å². The standard InChI is InChI=1S/C18H28N6/c1-5-6-7-13-8-10-14(11-9-13)22-16-15(19)17(21-12-20-16)23-24-18(2,3)4/h8-12,24H,5-7,19H2,1-4H3,(H2,20,21,22,23). The number of anilines is 4. The second kappa shape index (κ2) is 7.97. The molecule has 1 heterocycles. The summed E-state index contributed by atoms with van der Waals surface area (Å²) in [6, 6.07) is 8.37. The van der Waals surface area contributed by atoms with Gasteiger partial charge in [0.25, 0.3) is 0 Å². The third kappa shape index (κ3) is 5.38. The van der Waals surface area contributed by atoms with Crippen LogP contribution >= 0.6 is 0 Å². The summed E-state index contributed by atoms with van der Waals surface area (Å²) in [4.78, 5) is 8.42. The molecule has 0 radical (unpaired) electrons. The van der Waals surface area contributed by atoms with E-state index in [9.17, 15) is 0 Å². The number of rotatable bonds is 7. The van der Waals surface area contributed by atoms with Gasteiger partial charge < -0.3 is 16.5 Å². The van der Waals surface area contributed by atoms with Crippen molar-refractivity contribution in [1.29, 1.82) is 0 Å². The molecular formula is C18H28N6. The second-order valence-corrected chi connectivity index (χ2v) is 6.91. The zero-order chi connectivity index (χ0) is 17.6. The van der Waals surface area contributed by atoms with Crippen LogP contribution in [0.2, 0.25) is 0 Å². The Hall–Kier alpha value is -2.34. The van der Waals surface area contributed by atoms with Crippen LogP contribution in [-0.2, 0) is 6.42 Å². The van der Waals surface area contributed by atoms with Crippen molar-refractivity contribution in [2.24, 2.45) is 0 Å². The van der Waals surface area contributed by atoms with Crippen LogP contribution in [0.4, 0.5) is 23.0 Å². The summed E-state index contributed by atoms with van der Waals surface area (Å²) >= 11 is 0. The van der Waals surface area contributed by atoms with Crippen LogP contribution < -0.4 is 21.9 Å². The van der Waals surface area contributed by atoms with E-state index in [0.717, 1.165) is 12.1 Å². The number of nitrogens with zero attached hydrogens (tertiary/aromatic N) is 2. The van der Waals surface area contributed by atoms with E-state index in [1.54, 1.807) is 0 Å². The minimum absolute atomic E-state index is 0.0979. The summed E-state index contributed by atoms with van der Waals surface area (Å²) in [6.07, 6.45) is 5.01. The van der Waals surface area contributed by atoms with Crippen molar-refractivity contribution in [3.05, 3.63) is 36.2 Å². The molecule has 0 amide bonds. The summed E-state index contributed by atoms with van der Waals surface area (Å²) in [5, 5.41) is 3.25. The molecule has 2 aromatic rings. The Balaban J connectivity index is 2.06. The van der Waals surface area contributed by atoms with Crippen molar-refractivity contribution in [2.45, 2.75) is 52.5 Å². The van der Waals surface area contributed by atoms with E-state index in [1.165, 1.54) is 24.7 Å². The van der Waals surface area contributed by atoms with E-state index in [-0.39, 0.29) is 5.54 Å². The number of aromatic nitrogens is 2. The van der Waals surface area contributed by atoms with Crippen molar-refractivity contribution in [1.82, 2.24) is 15.4 Å². The van der Waals surface area contributed by atoms with Crippen LogP contribution in [0.5, 0.6) is 0 Å². The van der Waals surface area contributed by atoms with E-state index < -0.39 is 0 Å². The molecule has 6 heteroatoms. The van der Waals surface area contributed by atoms with Gasteiger partial charge in [0.2, 0.25) is 0 Å². The fourth-order valence-electron chi connectivity index (χ4n) is 2.11. The minimum Gasteiger partial charge on any atom is -0.393 e. The normalized spacial score (nSPS) is 11.3. The quantitative estimate of drug-likeness (QED) is 0.577. The zero-order valence-electron chi connectivity index (χ0n) is 15.0. The van der Waals surface area contributed by atoms with Gasteiger partial charge in [0.1, 0.15) is 12.0 Å². The monoisotopic (exact) mass is 328 g/mol. The largest absolute Gasteiger partial charge is 0.393 e. The molecular weight excluding hydrogens is 300 g/mol. The molecule has 0 spiro atoms. The van der Waals surface area contributed by atoms with Crippen LogP contribution in [0.25, 0.3) is 0 Å². The number of nitrogens with one attached hydrogen (secondary N) is 3. The lowest BCUT2D eigenvalue weighted by Crippen LogP contribution is -2.40. The Labute approximate surface area is 144 Å². The highest BCUT2D eigenvalue weighted by Crippen LogP contribution is 2.25. The number of unbranched alkanes of at least 4 members (excludes halogenated alkanes) is 1.